The largest absolute Gasteiger partial charge is 0.332 e. The van der Waals surface area contributed by atoms with E-state index < -0.39 is 28.0 Å². The Morgan fingerprint density at radius 3 is 2.55 bits per heavy atom. The second-order valence-electron chi connectivity index (χ2n) is 7.42. The minimum atomic E-state index is -1.67. The van der Waals surface area contributed by atoms with Gasteiger partial charge in [0, 0.05) is 41.7 Å². The minimum Gasteiger partial charge on any atom is -0.299 e. The number of carbonyl (C=O) groups is 1. The molecule has 0 saturated heterocycles. The van der Waals surface area contributed by atoms with Gasteiger partial charge < -0.3 is 0 Å². The molecule has 33 heavy (non-hydrogen) atoms. The molecule has 1 aliphatic carbocycles. The van der Waals surface area contributed by atoms with Gasteiger partial charge in [-0.3, -0.25) is 33.4 Å². The Balaban J connectivity index is 1.91. The molecule has 2 heterocycles. The first-order chi connectivity index (χ1) is 15.6. The lowest BCUT2D eigenvalue weighted by Gasteiger charge is -2.08. The number of ketones is 1. The van der Waals surface area contributed by atoms with Gasteiger partial charge in [0.15, 0.2) is 16.9 Å². The fourth-order valence-corrected chi connectivity index (χ4v) is 3.76. The molecule has 1 unspecified atom stereocenters. The molecule has 0 fully saturated rings. The van der Waals surface area contributed by atoms with E-state index in [4.69, 9.17) is 11.6 Å². The van der Waals surface area contributed by atoms with Crippen LogP contribution in [0.5, 0.6) is 0 Å². The van der Waals surface area contributed by atoms with Crippen LogP contribution in [0.2, 0.25) is 0 Å². The molecule has 2 aromatic heterocycles. The van der Waals surface area contributed by atoms with Crippen LogP contribution in [0.4, 0.5) is 5.95 Å². The van der Waals surface area contributed by atoms with Crippen LogP contribution in [0.15, 0.2) is 50.1 Å². The summed E-state index contributed by atoms with van der Waals surface area (Å²) < 4.78 is 3.61. The second kappa shape index (κ2) is 8.13. The number of hydrogen-bond acceptors (Lipinski definition) is 8. The summed E-state index contributed by atoms with van der Waals surface area (Å²) in [6.07, 6.45) is 1.62. The van der Waals surface area contributed by atoms with Crippen LogP contribution >= 0.6 is 11.6 Å². The number of aryl methyl sites for hydroxylation is 1. The summed E-state index contributed by atoms with van der Waals surface area (Å²) in [5.41, 5.74) is 2.18. The maximum Gasteiger partial charge on any atom is 0.332 e. The molecule has 0 saturated carbocycles. The van der Waals surface area contributed by atoms with Gasteiger partial charge in [0.2, 0.25) is 11.7 Å². The lowest BCUT2D eigenvalue weighted by atomic mass is 10.1. The first-order valence-corrected chi connectivity index (χ1v) is 10.1. The van der Waals surface area contributed by atoms with Gasteiger partial charge in [-0.05, 0) is 6.92 Å². The monoisotopic (exact) mass is 471 g/mol. The SMILES string of the molecule is CC(Cl)=CCn1c(NN=C2c3ccccc3C(=O)C2[N+](=O)[O-])nc2c1c(=O)n(C)c(=O)n2C. The Morgan fingerprint density at radius 1 is 1.24 bits per heavy atom. The highest BCUT2D eigenvalue weighted by Crippen LogP contribution is 2.25. The minimum absolute atomic E-state index is 0.0453. The summed E-state index contributed by atoms with van der Waals surface area (Å²) >= 11 is 5.96. The molecular formula is C20H18ClN7O5. The van der Waals surface area contributed by atoms with Gasteiger partial charge in [-0.1, -0.05) is 41.9 Å². The third-order valence-corrected chi connectivity index (χ3v) is 5.52. The maximum atomic E-state index is 12.8. The molecule has 0 amide bonds. The van der Waals surface area contributed by atoms with Gasteiger partial charge in [0.05, 0.1) is 0 Å². The number of hydrazone groups is 1. The Labute approximate surface area is 190 Å². The van der Waals surface area contributed by atoms with E-state index in [1.54, 1.807) is 31.2 Å². The van der Waals surface area contributed by atoms with Crippen molar-refractivity contribution in [3.8, 4) is 0 Å². The fourth-order valence-electron chi connectivity index (χ4n) is 3.69. The number of hydrogen-bond donors (Lipinski definition) is 1. The first kappa shape index (κ1) is 22.1. The molecule has 170 valence electrons. The van der Waals surface area contributed by atoms with Gasteiger partial charge in [-0.2, -0.15) is 10.1 Å². The Bertz CT molecular complexity index is 1510. The van der Waals surface area contributed by atoms with E-state index in [1.165, 1.54) is 29.3 Å². The van der Waals surface area contributed by atoms with Crippen LogP contribution in [0.1, 0.15) is 22.8 Å². The zero-order chi connectivity index (χ0) is 24.0. The van der Waals surface area contributed by atoms with E-state index >= 15 is 0 Å². The van der Waals surface area contributed by atoms with Crippen LogP contribution in [0.25, 0.3) is 11.2 Å². The lowest BCUT2D eigenvalue weighted by Crippen LogP contribution is -2.37. The van der Waals surface area contributed by atoms with Gasteiger partial charge in [-0.25, -0.2) is 10.2 Å². The number of halogens is 1. The van der Waals surface area contributed by atoms with Crippen LogP contribution in [0, 0.1) is 10.1 Å². The van der Waals surface area contributed by atoms with Crippen molar-refractivity contribution < 1.29 is 9.72 Å². The van der Waals surface area contributed by atoms with Crippen LogP contribution < -0.4 is 16.7 Å². The van der Waals surface area contributed by atoms with Crippen molar-refractivity contribution in [2.45, 2.75) is 19.5 Å². The third kappa shape index (κ3) is 3.53. The smallest absolute Gasteiger partial charge is 0.299 e. The number of fused-ring (bicyclic) bond motifs is 2. The average Bonchev–Trinajstić information content (AvgIpc) is 3.28. The summed E-state index contributed by atoms with van der Waals surface area (Å²) in [6, 6.07) is 4.65. The van der Waals surface area contributed by atoms with Crippen molar-refractivity contribution in [2.24, 2.45) is 19.2 Å². The molecular weight excluding hydrogens is 454 g/mol. The predicted molar refractivity (Wildman–Crippen MR) is 122 cm³/mol. The summed E-state index contributed by atoms with van der Waals surface area (Å²) in [6.45, 7) is 1.77. The highest BCUT2D eigenvalue weighted by molar-refractivity contribution is 6.30. The number of aromatic nitrogens is 4. The molecule has 1 aliphatic rings. The third-order valence-electron chi connectivity index (χ3n) is 5.37. The van der Waals surface area contributed by atoms with Gasteiger partial charge >= 0.3 is 11.7 Å². The van der Waals surface area contributed by atoms with Gasteiger partial charge in [-0.15, -0.1) is 0 Å². The molecule has 13 heteroatoms. The normalized spacial score (nSPS) is 17.1. The summed E-state index contributed by atoms with van der Waals surface area (Å²) in [5.74, 6) is -0.620. The van der Waals surface area contributed by atoms with Gasteiger partial charge in [0.25, 0.3) is 5.56 Å². The Morgan fingerprint density at radius 2 is 1.91 bits per heavy atom. The van der Waals surface area contributed by atoms with Crippen LogP contribution in [0.3, 0.4) is 0 Å². The van der Waals surface area contributed by atoms with Crippen molar-refractivity contribution in [1.82, 2.24) is 18.7 Å². The molecule has 4 rings (SSSR count). The number of allylic oxidation sites excluding steroid dienone is 2. The maximum absolute atomic E-state index is 12.8. The molecule has 0 radical (unpaired) electrons. The average molecular weight is 472 g/mol. The second-order valence-corrected chi connectivity index (χ2v) is 8.02. The molecule has 0 bridgehead atoms. The van der Waals surface area contributed by atoms with Crippen molar-refractivity contribution in [1.29, 1.82) is 0 Å². The molecule has 1 atom stereocenters. The molecule has 0 aliphatic heterocycles. The fraction of sp³-hybridized carbons (Fsp3) is 0.250. The topological polar surface area (TPSA) is 146 Å². The standard InChI is InChI=1S/C20H18ClN7O5/c1-10(21)8-9-27-15-17(25(2)20(31)26(3)18(15)30)22-19(27)24-23-13-11-6-4-5-7-12(11)16(29)14(13)28(32)33/h4-8,14H,9H2,1-3H3,(H,22,24). The Hall–Kier alpha value is -4.06. The van der Waals surface area contributed by atoms with Gasteiger partial charge in [0.1, 0.15) is 0 Å². The number of nitrogens with zero attached hydrogens (tertiary/aromatic N) is 6. The number of benzene rings is 1. The number of imidazole rings is 1. The molecule has 1 aromatic carbocycles. The number of carbonyl (C=O) groups excluding carboxylic acids is 1. The van der Waals surface area contributed by atoms with E-state index in [0.29, 0.717) is 10.6 Å². The number of rotatable bonds is 5. The molecule has 3 aromatic rings. The zero-order valence-electron chi connectivity index (χ0n) is 17.8. The van der Waals surface area contributed by atoms with Crippen molar-refractivity contribution in [3.05, 3.63) is 77.5 Å². The van der Waals surface area contributed by atoms with Crippen molar-refractivity contribution >= 4 is 40.2 Å². The quantitative estimate of drug-likeness (QED) is 0.435. The van der Waals surface area contributed by atoms with E-state index in [1.807, 2.05) is 0 Å². The lowest BCUT2D eigenvalue weighted by molar-refractivity contribution is -0.485. The van der Waals surface area contributed by atoms with Crippen LogP contribution in [-0.2, 0) is 20.6 Å². The predicted octanol–water partition coefficient (Wildman–Crippen LogP) is 1.23. The number of nitrogens with one attached hydrogen (secondary N) is 1. The number of nitro groups is 1. The summed E-state index contributed by atoms with van der Waals surface area (Å²) in [4.78, 5) is 52.9. The first-order valence-electron chi connectivity index (χ1n) is 9.72. The van der Waals surface area contributed by atoms with E-state index in [-0.39, 0.29) is 34.9 Å². The van der Waals surface area contributed by atoms with Crippen molar-refractivity contribution in [2.75, 3.05) is 5.43 Å². The molecule has 1 N–H and O–H groups in total. The molecule has 0 spiro atoms. The number of Topliss-reactive ketones (excluding diaryl/α,β-unsaturated/α-hetero) is 1. The summed E-state index contributed by atoms with van der Waals surface area (Å²) in [5, 5.41) is 16.2. The number of anilines is 1. The summed E-state index contributed by atoms with van der Waals surface area (Å²) in [7, 11) is 2.81. The van der Waals surface area contributed by atoms with Crippen molar-refractivity contribution in [3.63, 3.8) is 0 Å². The van der Waals surface area contributed by atoms with E-state index in [2.05, 4.69) is 15.5 Å². The Kier molecular flexibility index (Phi) is 5.46. The highest BCUT2D eigenvalue weighted by Gasteiger charge is 2.45. The zero-order valence-corrected chi connectivity index (χ0v) is 18.5. The highest BCUT2D eigenvalue weighted by atomic mass is 35.5. The van der Waals surface area contributed by atoms with E-state index in [0.717, 1.165) is 4.57 Å². The molecule has 12 nitrogen and oxygen atoms in total. The van der Waals surface area contributed by atoms with Crippen LogP contribution in [-0.4, -0.2) is 41.1 Å². The van der Waals surface area contributed by atoms with E-state index in [9.17, 15) is 24.5 Å².